The van der Waals surface area contributed by atoms with Gasteiger partial charge < -0.3 is 15.5 Å². The topological polar surface area (TPSA) is 78.5 Å². The van der Waals surface area contributed by atoms with Crippen LogP contribution in [-0.4, -0.2) is 30.8 Å². The molecule has 2 aromatic rings. The molecule has 0 radical (unpaired) electrons. The zero-order valence-electron chi connectivity index (χ0n) is 18.1. The van der Waals surface area contributed by atoms with Crippen LogP contribution >= 0.6 is 0 Å². The number of unbranched alkanes of at least 4 members (excludes halogenated alkanes) is 4. The zero-order chi connectivity index (χ0) is 22.1. The minimum Gasteiger partial charge on any atom is -0.352 e. The number of hydrogen-bond donors (Lipinski definition) is 2. The van der Waals surface area contributed by atoms with Crippen molar-refractivity contribution < 1.29 is 14.4 Å². The van der Waals surface area contributed by atoms with E-state index in [1.165, 1.54) is 19.3 Å². The fourth-order valence-corrected chi connectivity index (χ4v) is 3.72. The van der Waals surface area contributed by atoms with Gasteiger partial charge in [0.1, 0.15) is 0 Å². The molecule has 2 N–H and O–H groups in total. The Bertz CT molecular complexity index is 881. The Morgan fingerprint density at radius 2 is 1.68 bits per heavy atom. The number of nitrogens with one attached hydrogen (secondary N) is 2. The van der Waals surface area contributed by atoms with E-state index in [2.05, 4.69) is 17.6 Å². The molecule has 3 rings (SSSR count). The van der Waals surface area contributed by atoms with Gasteiger partial charge in [-0.2, -0.15) is 0 Å². The summed E-state index contributed by atoms with van der Waals surface area (Å²) in [5.41, 5.74) is 1.99. The number of nitrogens with zero attached hydrogens (tertiary/aromatic N) is 1. The highest BCUT2D eigenvalue weighted by atomic mass is 16.2. The number of rotatable bonds is 10. The molecule has 0 aromatic heterocycles. The summed E-state index contributed by atoms with van der Waals surface area (Å²) in [6.45, 7) is 3.22. The average molecular weight is 422 g/mol. The van der Waals surface area contributed by atoms with Crippen molar-refractivity contribution in [1.29, 1.82) is 0 Å². The number of amides is 3. The Hall–Kier alpha value is -3.15. The first-order chi connectivity index (χ1) is 15.1. The summed E-state index contributed by atoms with van der Waals surface area (Å²) in [6, 6.07) is 16.2. The van der Waals surface area contributed by atoms with Gasteiger partial charge in [-0.1, -0.05) is 50.8 Å². The third kappa shape index (κ3) is 6.41. The van der Waals surface area contributed by atoms with Gasteiger partial charge in [-0.25, -0.2) is 0 Å². The van der Waals surface area contributed by atoms with Crippen LogP contribution < -0.4 is 15.5 Å². The number of anilines is 2. The summed E-state index contributed by atoms with van der Waals surface area (Å²) in [7, 11) is 0. The highest BCUT2D eigenvalue weighted by Crippen LogP contribution is 2.25. The molecule has 0 aliphatic carbocycles. The molecule has 1 saturated heterocycles. The number of carbonyl (C=O) groups is 3. The normalized spacial score (nSPS) is 15.7. The predicted octanol–water partition coefficient (Wildman–Crippen LogP) is 4.38. The molecule has 1 aliphatic heterocycles. The Labute approximate surface area is 184 Å². The molecule has 2 aromatic carbocycles. The average Bonchev–Trinajstić information content (AvgIpc) is 3.19. The van der Waals surface area contributed by atoms with Gasteiger partial charge in [0.2, 0.25) is 11.8 Å². The van der Waals surface area contributed by atoms with E-state index >= 15 is 0 Å². The van der Waals surface area contributed by atoms with E-state index in [0.717, 1.165) is 18.5 Å². The third-order valence-corrected chi connectivity index (χ3v) is 5.54. The fraction of sp³-hybridized carbons (Fsp3) is 0.400. The molecular formula is C25H31N3O3. The largest absolute Gasteiger partial charge is 0.352 e. The van der Waals surface area contributed by atoms with Gasteiger partial charge in [-0.3, -0.25) is 14.4 Å². The molecule has 0 saturated carbocycles. The summed E-state index contributed by atoms with van der Waals surface area (Å²) in [5, 5.41) is 5.80. The lowest BCUT2D eigenvalue weighted by atomic mass is 10.1. The maximum Gasteiger partial charge on any atom is 0.251 e. The van der Waals surface area contributed by atoms with E-state index < -0.39 is 5.92 Å². The van der Waals surface area contributed by atoms with Crippen LogP contribution in [0.25, 0.3) is 0 Å². The smallest absolute Gasteiger partial charge is 0.251 e. The highest BCUT2D eigenvalue weighted by Gasteiger charge is 2.35. The van der Waals surface area contributed by atoms with E-state index in [4.69, 9.17) is 0 Å². The van der Waals surface area contributed by atoms with Crippen LogP contribution in [0, 0.1) is 5.92 Å². The number of hydrogen-bond acceptors (Lipinski definition) is 3. The SMILES string of the molecule is CCCCCCCNC(=O)c1ccc(NC(=O)C2CC(=O)N(c3ccccc3)C2)cc1. The van der Waals surface area contributed by atoms with Gasteiger partial charge in [0.05, 0.1) is 5.92 Å². The van der Waals surface area contributed by atoms with Crippen molar-refractivity contribution in [1.82, 2.24) is 5.32 Å². The van der Waals surface area contributed by atoms with E-state index in [1.54, 1.807) is 29.2 Å². The summed E-state index contributed by atoms with van der Waals surface area (Å²) < 4.78 is 0. The van der Waals surface area contributed by atoms with Crippen LogP contribution in [0.15, 0.2) is 54.6 Å². The summed E-state index contributed by atoms with van der Waals surface area (Å²) in [5.74, 6) is -0.735. The van der Waals surface area contributed by atoms with E-state index in [0.29, 0.717) is 24.3 Å². The Kier molecular flexibility index (Phi) is 8.21. The van der Waals surface area contributed by atoms with E-state index in [1.807, 2.05) is 30.3 Å². The lowest BCUT2D eigenvalue weighted by Gasteiger charge is -2.16. The second kappa shape index (κ2) is 11.3. The molecule has 1 atom stereocenters. The summed E-state index contributed by atoms with van der Waals surface area (Å²) >= 11 is 0. The maximum absolute atomic E-state index is 12.6. The van der Waals surface area contributed by atoms with Gasteiger partial charge in [-0.15, -0.1) is 0 Å². The molecule has 6 heteroatoms. The van der Waals surface area contributed by atoms with Crippen LogP contribution in [0.1, 0.15) is 55.8 Å². The highest BCUT2D eigenvalue weighted by molar-refractivity contribution is 6.03. The Balaban J connectivity index is 1.47. The van der Waals surface area contributed by atoms with Crippen LogP contribution in [0.4, 0.5) is 11.4 Å². The van der Waals surface area contributed by atoms with Crippen molar-refractivity contribution in [3.8, 4) is 0 Å². The van der Waals surface area contributed by atoms with Crippen molar-refractivity contribution in [2.45, 2.75) is 45.4 Å². The lowest BCUT2D eigenvalue weighted by molar-refractivity contribution is -0.122. The molecule has 0 spiro atoms. The minimum atomic E-state index is -0.400. The zero-order valence-corrected chi connectivity index (χ0v) is 18.1. The predicted molar refractivity (Wildman–Crippen MR) is 123 cm³/mol. The molecule has 31 heavy (non-hydrogen) atoms. The van der Waals surface area contributed by atoms with Crippen molar-refractivity contribution in [3.63, 3.8) is 0 Å². The van der Waals surface area contributed by atoms with Gasteiger partial charge in [0.15, 0.2) is 0 Å². The van der Waals surface area contributed by atoms with Gasteiger partial charge in [0.25, 0.3) is 5.91 Å². The molecular weight excluding hydrogens is 390 g/mol. The fourth-order valence-electron chi connectivity index (χ4n) is 3.72. The van der Waals surface area contributed by atoms with Crippen molar-refractivity contribution in [2.24, 2.45) is 5.92 Å². The molecule has 3 amide bonds. The molecule has 1 aliphatic rings. The van der Waals surface area contributed by atoms with E-state index in [-0.39, 0.29) is 24.1 Å². The van der Waals surface area contributed by atoms with Crippen molar-refractivity contribution in [3.05, 3.63) is 60.2 Å². The Morgan fingerprint density at radius 1 is 0.968 bits per heavy atom. The number of para-hydroxylation sites is 1. The second-order valence-corrected chi connectivity index (χ2v) is 7.98. The molecule has 1 unspecified atom stereocenters. The molecule has 1 fully saturated rings. The summed E-state index contributed by atoms with van der Waals surface area (Å²) in [6.07, 6.45) is 5.96. The van der Waals surface area contributed by atoms with Crippen molar-refractivity contribution >= 4 is 29.1 Å². The van der Waals surface area contributed by atoms with Crippen LogP contribution in [0.5, 0.6) is 0 Å². The number of carbonyl (C=O) groups excluding carboxylic acids is 3. The van der Waals surface area contributed by atoms with Crippen LogP contribution in [-0.2, 0) is 9.59 Å². The van der Waals surface area contributed by atoms with Crippen LogP contribution in [0.2, 0.25) is 0 Å². The monoisotopic (exact) mass is 421 g/mol. The number of benzene rings is 2. The molecule has 164 valence electrons. The first-order valence-corrected chi connectivity index (χ1v) is 11.1. The third-order valence-electron chi connectivity index (χ3n) is 5.54. The van der Waals surface area contributed by atoms with Crippen molar-refractivity contribution in [2.75, 3.05) is 23.3 Å². The lowest BCUT2D eigenvalue weighted by Crippen LogP contribution is -2.28. The first-order valence-electron chi connectivity index (χ1n) is 11.1. The first kappa shape index (κ1) is 22.5. The van der Waals surface area contributed by atoms with Gasteiger partial charge in [0, 0.05) is 36.4 Å². The van der Waals surface area contributed by atoms with Gasteiger partial charge >= 0.3 is 0 Å². The maximum atomic E-state index is 12.6. The Morgan fingerprint density at radius 3 is 2.39 bits per heavy atom. The standard InChI is InChI=1S/C25H31N3O3/c1-2-3-4-5-9-16-26-24(30)19-12-14-21(15-13-19)27-25(31)20-17-23(29)28(18-20)22-10-7-6-8-11-22/h6-8,10-15,20H,2-5,9,16-18H2,1H3,(H,26,30)(H,27,31). The molecule has 6 nitrogen and oxygen atoms in total. The van der Waals surface area contributed by atoms with Crippen LogP contribution in [0.3, 0.4) is 0 Å². The minimum absolute atomic E-state index is 0.0481. The van der Waals surface area contributed by atoms with Gasteiger partial charge in [-0.05, 0) is 42.8 Å². The second-order valence-electron chi connectivity index (χ2n) is 7.98. The molecule has 0 bridgehead atoms. The quantitative estimate of drug-likeness (QED) is 0.559. The van der Waals surface area contributed by atoms with E-state index in [9.17, 15) is 14.4 Å². The molecule has 1 heterocycles. The summed E-state index contributed by atoms with van der Waals surface area (Å²) in [4.78, 5) is 38.9.